The lowest BCUT2D eigenvalue weighted by molar-refractivity contribution is 0.237. The SMILES string of the molecule is CCC(CCO)NC(=O)Nc1ccc2nc(C3CC3)oc2c1. The number of aliphatic hydroxyl groups excluding tert-OH is 1. The van der Waals surface area contributed by atoms with Crippen LogP contribution in [0.1, 0.15) is 44.4 Å². The maximum Gasteiger partial charge on any atom is 0.319 e. The molecular weight excluding hydrogens is 282 g/mol. The molecule has 1 aliphatic rings. The summed E-state index contributed by atoms with van der Waals surface area (Å²) in [6, 6.07) is 5.15. The highest BCUT2D eigenvalue weighted by Crippen LogP contribution is 2.40. The molecule has 0 saturated heterocycles. The number of hydrogen-bond acceptors (Lipinski definition) is 4. The van der Waals surface area contributed by atoms with Gasteiger partial charge < -0.3 is 20.2 Å². The van der Waals surface area contributed by atoms with Crippen LogP contribution in [0.4, 0.5) is 10.5 Å². The van der Waals surface area contributed by atoms with Crippen LogP contribution in [0.5, 0.6) is 0 Å². The summed E-state index contributed by atoms with van der Waals surface area (Å²) < 4.78 is 5.74. The number of urea groups is 1. The van der Waals surface area contributed by atoms with Crippen LogP contribution in [0.3, 0.4) is 0 Å². The molecule has 6 heteroatoms. The van der Waals surface area contributed by atoms with Gasteiger partial charge in [-0.15, -0.1) is 0 Å². The molecule has 0 aliphatic heterocycles. The van der Waals surface area contributed by atoms with Crippen molar-refractivity contribution in [3.8, 4) is 0 Å². The first-order valence-electron chi connectivity index (χ1n) is 7.78. The summed E-state index contributed by atoms with van der Waals surface area (Å²) in [4.78, 5) is 16.4. The molecule has 6 nitrogen and oxygen atoms in total. The quantitative estimate of drug-likeness (QED) is 0.765. The van der Waals surface area contributed by atoms with E-state index in [0.717, 1.165) is 30.7 Å². The van der Waals surface area contributed by atoms with E-state index in [1.165, 1.54) is 0 Å². The van der Waals surface area contributed by atoms with E-state index >= 15 is 0 Å². The van der Waals surface area contributed by atoms with Crippen molar-refractivity contribution in [3.05, 3.63) is 24.1 Å². The van der Waals surface area contributed by atoms with Crippen LogP contribution in [0.2, 0.25) is 0 Å². The largest absolute Gasteiger partial charge is 0.440 e. The van der Waals surface area contributed by atoms with Gasteiger partial charge in [-0.05, 0) is 37.8 Å². The van der Waals surface area contributed by atoms with E-state index in [9.17, 15) is 4.79 Å². The third-order valence-electron chi connectivity index (χ3n) is 3.90. The highest BCUT2D eigenvalue weighted by molar-refractivity contribution is 5.91. The van der Waals surface area contributed by atoms with E-state index < -0.39 is 0 Å². The van der Waals surface area contributed by atoms with Gasteiger partial charge in [0, 0.05) is 30.3 Å². The number of aromatic nitrogens is 1. The second-order valence-corrected chi connectivity index (χ2v) is 5.72. The monoisotopic (exact) mass is 303 g/mol. The number of nitrogens with zero attached hydrogens (tertiary/aromatic N) is 1. The van der Waals surface area contributed by atoms with E-state index in [4.69, 9.17) is 9.52 Å². The van der Waals surface area contributed by atoms with Gasteiger partial charge in [-0.25, -0.2) is 9.78 Å². The number of oxazole rings is 1. The molecule has 0 radical (unpaired) electrons. The van der Waals surface area contributed by atoms with Crippen LogP contribution in [0, 0.1) is 0 Å². The number of benzene rings is 1. The molecule has 0 bridgehead atoms. The Morgan fingerprint density at radius 1 is 1.50 bits per heavy atom. The average Bonchev–Trinajstić information content (AvgIpc) is 3.26. The van der Waals surface area contributed by atoms with Crippen molar-refractivity contribution in [3.63, 3.8) is 0 Å². The molecule has 3 rings (SSSR count). The van der Waals surface area contributed by atoms with Crippen LogP contribution >= 0.6 is 0 Å². The highest BCUT2D eigenvalue weighted by Gasteiger charge is 2.28. The molecule has 1 heterocycles. The Labute approximate surface area is 128 Å². The highest BCUT2D eigenvalue weighted by atomic mass is 16.3. The van der Waals surface area contributed by atoms with E-state index in [1.807, 2.05) is 19.1 Å². The number of rotatable bonds is 6. The van der Waals surface area contributed by atoms with Crippen molar-refractivity contribution in [1.29, 1.82) is 0 Å². The molecule has 3 N–H and O–H groups in total. The van der Waals surface area contributed by atoms with Gasteiger partial charge in [0.1, 0.15) is 5.52 Å². The van der Waals surface area contributed by atoms with E-state index in [-0.39, 0.29) is 18.7 Å². The van der Waals surface area contributed by atoms with Gasteiger partial charge in [0.15, 0.2) is 11.5 Å². The smallest absolute Gasteiger partial charge is 0.319 e. The number of amides is 2. The first-order valence-corrected chi connectivity index (χ1v) is 7.78. The topological polar surface area (TPSA) is 87.4 Å². The average molecular weight is 303 g/mol. The number of hydrogen-bond donors (Lipinski definition) is 3. The summed E-state index contributed by atoms with van der Waals surface area (Å²) >= 11 is 0. The van der Waals surface area contributed by atoms with Crippen LogP contribution in [-0.2, 0) is 0 Å². The molecule has 1 unspecified atom stereocenters. The predicted molar refractivity (Wildman–Crippen MR) is 83.9 cm³/mol. The molecule has 2 amide bonds. The van der Waals surface area contributed by atoms with Crippen molar-refractivity contribution < 1.29 is 14.3 Å². The van der Waals surface area contributed by atoms with Crippen LogP contribution in [-0.4, -0.2) is 28.8 Å². The first kappa shape index (κ1) is 14.8. The maximum atomic E-state index is 12.0. The van der Waals surface area contributed by atoms with Crippen molar-refractivity contribution in [2.75, 3.05) is 11.9 Å². The molecule has 1 aliphatic carbocycles. The Balaban J connectivity index is 1.66. The lowest BCUT2D eigenvalue weighted by atomic mass is 10.2. The molecule has 1 fully saturated rings. The summed E-state index contributed by atoms with van der Waals surface area (Å²) in [6.45, 7) is 2.04. The fourth-order valence-electron chi connectivity index (χ4n) is 2.41. The Hall–Kier alpha value is -2.08. The minimum Gasteiger partial charge on any atom is -0.440 e. The molecule has 2 aromatic rings. The summed E-state index contributed by atoms with van der Waals surface area (Å²) in [6.07, 6.45) is 3.61. The maximum absolute atomic E-state index is 12.0. The van der Waals surface area contributed by atoms with Crippen molar-refractivity contribution >= 4 is 22.8 Å². The van der Waals surface area contributed by atoms with Gasteiger partial charge in [-0.3, -0.25) is 0 Å². The normalized spacial score (nSPS) is 15.7. The molecule has 118 valence electrons. The molecular formula is C16H21N3O3. The zero-order valence-electron chi connectivity index (χ0n) is 12.6. The Morgan fingerprint density at radius 3 is 3.00 bits per heavy atom. The lowest BCUT2D eigenvalue weighted by Gasteiger charge is -2.16. The summed E-state index contributed by atoms with van der Waals surface area (Å²) in [5.74, 6) is 1.27. The van der Waals surface area contributed by atoms with Gasteiger partial charge in [0.2, 0.25) is 0 Å². The number of nitrogens with one attached hydrogen (secondary N) is 2. The lowest BCUT2D eigenvalue weighted by Crippen LogP contribution is -2.38. The van der Waals surface area contributed by atoms with E-state index in [0.29, 0.717) is 23.6 Å². The third kappa shape index (κ3) is 3.39. The van der Waals surface area contributed by atoms with Gasteiger partial charge in [-0.2, -0.15) is 0 Å². The molecule has 1 saturated carbocycles. The predicted octanol–water partition coefficient (Wildman–Crippen LogP) is 2.99. The number of fused-ring (bicyclic) bond motifs is 1. The second kappa shape index (κ2) is 6.36. The fraction of sp³-hybridized carbons (Fsp3) is 0.500. The second-order valence-electron chi connectivity index (χ2n) is 5.72. The number of carbonyl (C=O) groups excluding carboxylic acids is 1. The summed E-state index contributed by atoms with van der Waals surface area (Å²) in [7, 11) is 0. The molecule has 0 spiro atoms. The van der Waals surface area contributed by atoms with Gasteiger partial charge in [0.25, 0.3) is 0 Å². The van der Waals surface area contributed by atoms with Gasteiger partial charge >= 0.3 is 6.03 Å². The zero-order chi connectivity index (χ0) is 15.5. The molecule has 1 aromatic heterocycles. The first-order chi connectivity index (χ1) is 10.7. The minimum absolute atomic E-state index is 0.0273. The van der Waals surface area contributed by atoms with Gasteiger partial charge in [-0.1, -0.05) is 6.92 Å². The number of anilines is 1. The number of aliphatic hydroxyl groups is 1. The fourth-order valence-corrected chi connectivity index (χ4v) is 2.41. The van der Waals surface area contributed by atoms with E-state index in [2.05, 4.69) is 15.6 Å². The van der Waals surface area contributed by atoms with Crippen LogP contribution < -0.4 is 10.6 Å². The summed E-state index contributed by atoms with van der Waals surface area (Å²) in [5, 5.41) is 14.6. The van der Waals surface area contributed by atoms with Crippen LogP contribution in [0.15, 0.2) is 22.6 Å². The minimum atomic E-state index is -0.276. The van der Waals surface area contributed by atoms with Crippen molar-refractivity contribution in [1.82, 2.24) is 10.3 Å². The van der Waals surface area contributed by atoms with E-state index in [1.54, 1.807) is 6.07 Å². The van der Waals surface area contributed by atoms with Crippen molar-refractivity contribution in [2.24, 2.45) is 0 Å². The summed E-state index contributed by atoms with van der Waals surface area (Å²) in [5.41, 5.74) is 2.18. The molecule has 22 heavy (non-hydrogen) atoms. The Morgan fingerprint density at radius 2 is 2.32 bits per heavy atom. The Bertz CT molecular complexity index is 664. The van der Waals surface area contributed by atoms with Gasteiger partial charge in [0.05, 0.1) is 0 Å². The Kier molecular flexibility index (Phi) is 4.29. The molecule has 1 aromatic carbocycles. The van der Waals surface area contributed by atoms with Crippen LogP contribution in [0.25, 0.3) is 11.1 Å². The zero-order valence-corrected chi connectivity index (χ0v) is 12.6. The standard InChI is InChI=1S/C16H21N3O3/c1-2-11(7-8-20)17-16(21)18-12-5-6-13-14(9-12)22-15(19-13)10-3-4-10/h5-6,9-11,20H,2-4,7-8H2,1H3,(H2,17,18,21). The van der Waals surface area contributed by atoms with Crippen molar-refractivity contribution in [2.45, 2.75) is 44.6 Å². The third-order valence-corrected chi connectivity index (χ3v) is 3.90. The molecule has 1 atom stereocenters. The number of carbonyl (C=O) groups is 1.